The second-order valence-corrected chi connectivity index (χ2v) is 5.67. The van der Waals surface area contributed by atoms with E-state index in [1.165, 1.54) is 32.1 Å². The minimum absolute atomic E-state index is 0.0135. The lowest BCUT2D eigenvalue weighted by molar-refractivity contribution is -0.120. The van der Waals surface area contributed by atoms with Crippen molar-refractivity contribution < 1.29 is 4.79 Å². The molecule has 0 bridgehead atoms. The molecule has 1 fully saturated rings. The number of aromatic nitrogens is 1. The second-order valence-electron chi connectivity index (χ2n) is 5.31. The summed E-state index contributed by atoms with van der Waals surface area (Å²) < 4.78 is 0. The number of halogens is 1. The lowest BCUT2D eigenvalue weighted by Crippen LogP contribution is -2.43. The monoisotopic (exact) mass is 295 g/mol. The Morgan fingerprint density at radius 2 is 1.95 bits per heavy atom. The van der Waals surface area contributed by atoms with Gasteiger partial charge in [-0.15, -0.1) is 0 Å². The fourth-order valence-corrected chi connectivity index (χ4v) is 2.71. The molecule has 1 aromatic heterocycles. The normalized spacial score (nSPS) is 18.9. The topological polar surface area (TPSA) is 45.2 Å². The summed E-state index contributed by atoms with van der Waals surface area (Å²) in [6.45, 7) is 3.95. The SMILES string of the molecule is C[C@@H](C(=O)Nc1cccnc1Cl)N1CCCCCCC1. The van der Waals surface area contributed by atoms with Gasteiger partial charge in [0, 0.05) is 6.20 Å². The maximum absolute atomic E-state index is 12.3. The Morgan fingerprint density at radius 1 is 1.30 bits per heavy atom. The predicted octanol–water partition coefficient (Wildman–Crippen LogP) is 3.33. The average molecular weight is 296 g/mol. The summed E-state index contributed by atoms with van der Waals surface area (Å²) in [4.78, 5) is 18.6. The lowest BCUT2D eigenvalue weighted by Gasteiger charge is -2.29. The largest absolute Gasteiger partial charge is 0.322 e. The van der Waals surface area contributed by atoms with Gasteiger partial charge in [-0.1, -0.05) is 30.9 Å². The number of nitrogens with one attached hydrogen (secondary N) is 1. The highest BCUT2D eigenvalue weighted by atomic mass is 35.5. The summed E-state index contributed by atoms with van der Waals surface area (Å²) >= 11 is 5.97. The molecule has 0 aliphatic carbocycles. The first-order valence-corrected chi connectivity index (χ1v) is 7.71. The van der Waals surface area contributed by atoms with Crippen LogP contribution in [0.4, 0.5) is 5.69 Å². The van der Waals surface area contributed by atoms with Gasteiger partial charge in [-0.3, -0.25) is 9.69 Å². The zero-order chi connectivity index (χ0) is 14.4. The molecule has 1 aliphatic rings. The molecule has 1 aliphatic heterocycles. The smallest absolute Gasteiger partial charge is 0.241 e. The number of nitrogens with zero attached hydrogens (tertiary/aromatic N) is 2. The molecule has 1 N–H and O–H groups in total. The number of anilines is 1. The minimum Gasteiger partial charge on any atom is -0.322 e. The zero-order valence-electron chi connectivity index (χ0n) is 11.9. The van der Waals surface area contributed by atoms with E-state index in [2.05, 4.69) is 15.2 Å². The van der Waals surface area contributed by atoms with E-state index in [-0.39, 0.29) is 11.9 Å². The molecule has 0 spiro atoms. The zero-order valence-corrected chi connectivity index (χ0v) is 12.7. The van der Waals surface area contributed by atoms with Crippen LogP contribution in [0.2, 0.25) is 5.15 Å². The molecule has 1 saturated heterocycles. The Balaban J connectivity index is 1.95. The summed E-state index contributed by atoms with van der Waals surface area (Å²) in [6.07, 6.45) is 7.80. The Hall–Kier alpha value is -1.13. The number of hydrogen-bond donors (Lipinski definition) is 1. The van der Waals surface area contributed by atoms with Gasteiger partial charge in [0.25, 0.3) is 0 Å². The first-order chi connectivity index (χ1) is 9.68. The van der Waals surface area contributed by atoms with Crippen LogP contribution in [0, 0.1) is 0 Å². The van der Waals surface area contributed by atoms with E-state index in [1.54, 1.807) is 18.3 Å². The molecular weight excluding hydrogens is 274 g/mol. The number of amides is 1. The van der Waals surface area contributed by atoms with E-state index >= 15 is 0 Å². The molecule has 20 heavy (non-hydrogen) atoms. The van der Waals surface area contributed by atoms with Crippen LogP contribution in [0.1, 0.15) is 39.0 Å². The van der Waals surface area contributed by atoms with E-state index in [4.69, 9.17) is 11.6 Å². The standard InChI is InChI=1S/C15H22ClN3O/c1-12(19-10-5-3-2-4-6-11-19)15(20)18-13-8-7-9-17-14(13)16/h7-9,12H,2-6,10-11H2,1H3,(H,18,20)/t12-/m0/s1. The summed E-state index contributed by atoms with van der Waals surface area (Å²) in [5.74, 6) is -0.0135. The third-order valence-electron chi connectivity index (χ3n) is 3.83. The van der Waals surface area contributed by atoms with E-state index < -0.39 is 0 Å². The van der Waals surface area contributed by atoms with E-state index in [0.29, 0.717) is 10.8 Å². The van der Waals surface area contributed by atoms with Crippen molar-refractivity contribution in [3.05, 3.63) is 23.5 Å². The number of carbonyl (C=O) groups excluding carboxylic acids is 1. The summed E-state index contributed by atoms with van der Waals surface area (Å²) in [5.41, 5.74) is 0.582. The highest BCUT2D eigenvalue weighted by Gasteiger charge is 2.22. The Bertz CT molecular complexity index is 444. The number of likely N-dealkylation sites (tertiary alicyclic amines) is 1. The van der Waals surface area contributed by atoms with Gasteiger partial charge in [-0.05, 0) is 45.0 Å². The molecule has 2 rings (SSSR count). The van der Waals surface area contributed by atoms with Crippen molar-refractivity contribution in [2.24, 2.45) is 0 Å². The highest BCUT2D eigenvalue weighted by Crippen LogP contribution is 2.19. The fraction of sp³-hybridized carbons (Fsp3) is 0.600. The third kappa shape index (κ3) is 4.18. The van der Waals surface area contributed by atoms with Crippen LogP contribution in [0.25, 0.3) is 0 Å². The maximum atomic E-state index is 12.3. The van der Waals surface area contributed by atoms with Gasteiger partial charge in [0.05, 0.1) is 11.7 Å². The molecule has 1 amide bonds. The summed E-state index contributed by atoms with van der Waals surface area (Å²) in [6, 6.07) is 3.40. The van der Waals surface area contributed by atoms with Crippen LogP contribution in [-0.2, 0) is 4.79 Å². The van der Waals surface area contributed by atoms with Crippen LogP contribution in [0.3, 0.4) is 0 Å². The molecule has 0 saturated carbocycles. The molecule has 2 heterocycles. The molecule has 0 radical (unpaired) electrons. The highest BCUT2D eigenvalue weighted by molar-refractivity contribution is 6.32. The van der Waals surface area contributed by atoms with Gasteiger partial charge in [0.1, 0.15) is 0 Å². The lowest BCUT2D eigenvalue weighted by atomic mass is 10.1. The van der Waals surface area contributed by atoms with Crippen LogP contribution in [-0.4, -0.2) is 34.9 Å². The van der Waals surface area contributed by atoms with Crippen molar-refractivity contribution in [2.45, 2.75) is 45.1 Å². The van der Waals surface area contributed by atoms with Crippen LogP contribution in [0.5, 0.6) is 0 Å². The molecule has 1 atom stereocenters. The van der Waals surface area contributed by atoms with Crippen LogP contribution >= 0.6 is 11.6 Å². The van der Waals surface area contributed by atoms with Crippen molar-refractivity contribution >= 4 is 23.2 Å². The Morgan fingerprint density at radius 3 is 2.60 bits per heavy atom. The molecule has 1 aromatic rings. The quantitative estimate of drug-likeness (QED) is 0.870. The van der Waals surface area contributed by atoms with Gasteiger partial charge in [-0.25, -0.2) is 4.98 Å². The number of rotatable bonds is 3. The summed E-state index contributed by atoms with van der Waals surface area (Å²) in [5, 5.41) is 3.20. The fourth-order valence-electron chi connectivity index (χ4n) is 2.54. The summed E-state index contributed by atoms with van der Waals surface area (Å²) in [7, 11) is 0. The first kappa shape index (κ1) is 15.3. The molecular formula is C15H22ClN3O. The van der Waals surface area contributed by atoms with Gasteiger partial charge in [0.2, 0.25) is 5.91 Å². The van der Waals surface area contributed by atoms with E-state index in [1.807, 2.05) is 6.92 Å². The minimum atomic E-state index is -0.135. The van der Waals surface area contributed by atoms with Crippen molar-refractivity contribution in [1.29, 1.82) is 0 Å². The Kier molecular flexibility index (Phi) is 5.80. The molecule has 4 nitrogen and oxygen atoms in total. The molecule has 0 aromatic carbocycles. The number of pyridine rings is 1. The van der Waals surface area contributed by atoms with Crippen molar-refractivity contribution in [1.82, 2.24) is 9.88 Å². The van der Waals surface area contributed by atoms with Crippen molar-refractivity contribution in [2.75, 3.05) is 18.4 Å². The van der Waals surface area contributed by atoms with Crippen LogP contribution in [0.15, 0.2) is 18.3 Å². The van der Waals surface area contributed by atoms with Crippen molar-refractivity contribution in [3.8, 4) is 0 Å². The number of carbonyl (C=O) groups is 1. The second kappa shape index (κ2) is 7.60. The number of hydrogen-bond acceptors (Lipinski definition) is 3. The molecule has 0 unspecified atom stereocenters. The van der Waals surface area contributed by atoms with Gasteiger partial charge in [0.15, 0.2) is 5.15 Å². The van der Waals surface area contributed by atoms with Crippen LogP contribution < -0.4 is 5.32 Å². The average Bonchev–Trinajstić information content (AvgIpc) is 2.40. The first-order valence-electron chi connectivity index (χ1n) is 7.34. The van der Waals surface area contributed by atoms with Crippen molar-refractivity contribution in [3.63, 3.8) is 0 Å². The van der Waals surface area contributed by atoms with Gasteiger partial charge >= 0.3 is 0 Å². The molecule has 110 valence electrons. The van der Waals surface area contributed by atoms with E-state index in [9.17, 15) is 4.79 Å². The van der Waals surface area contributed by atoms with Gasteiger partial charge < -0.3 is 5.32 Å². The maximum Gasteiger partial charge on any atom is 0.241 e. The Labute approximate surface area is 125 Å². The molecule has 5 heteroatoms. The third-order valence-corrected chi connectivity index (χ3v) is 4.14. The van der Waals surface area contributed by atoms with E-state index in [0.717, 1.165) is 13.1 Å². The predicted molar refractivity (Wildman–Crippen MR) is 82.0 cm³/mol. The van der Waals surface area contributed by atoms with Gasteiger partial charge in [-0.2, -0.15) is 0 Å².